The van der Waals surface area contributed by atoms with Gasteiger partial charge >= 0.3 is 0 Å². The van der Waals surface area contributed by atoms with Crippen LogP contribution in [0, 0.1) is 0 Å². The van der Waals surface area contributed by atoms with Crippen LogP contribution in [0.15, 0.2) is 25.3 Å². The highest BCUT2D eigenvalue weighted by atomic mass is 16.5. The maximum atomic E-state index is 10.9. The number of hydrogen-bond acceptors (Lipinski definition) is 6. The highest BCUT2D eigenvalue weighted by Crippen LogP contribution is 1.97. The molecule has 8 nitrogen and oxygen atoms in total. The normalized spacial score (nSPS) is 12.9. The lowest BCUT2D eigenvalue weighted by molar-refractivity contribution is -0.117. The smallest absolute Gasteiger partial charge is 0.243 e. The molecule has 0 radical (unpaired) electrons. The Balaban J connectivity index is 3.50. The predicted molar refractivity (Wildman–Crippen MR) is 89.3 cm³/mol. The van der Waals surface area contributed by atoms with E-state index in [1.807, 2.05) is 0 Å². The van der Waals surface area contributed by atoms with Gasteiger partial charge in [0.25, 0.3) is 0 Å². The van der Waals surface area contributed by atoms with Crippen LogP contribution >= 0.6 is 0 Å². The van der Waals surface area contributed by atoms with Crippen molar-refractivity contribution >= 4 is 11.8 Å². The van der Waals surface area contributed by atoms with E-state index in [1.165, 1.54) is 12.2 Å². The van der Waals surface area contributed by atoms with Gasteiger partial charge in [-0.1, -0.05) is 13.2 Å². The molecule has 0 fully saturated rings. The van der Waals surface area contributed by atoms with Crippen LogP contribution in [0.2, 0.25) is 0 Å². The second kappa shape index (κ2) is 14.8. The first-order valence-corrected chi connectivity index (χ1v) is 7.83. The molecular formula is C16H28N2O6. The zero-order chi connectivity index (χ0) is 18.2. The lowest BCUT2D eigenvalue weighted by atomic mass is 10.2. The second-order valence-electron chi connectivity index (χ2n) is 4.98. The molecule has 0 aliphatic heterocycles. The molecule has 1 unspecified atom stereocenters. The standard InChI is InChI=1S/C16H28N2O6/c1-3-15(21)17-7-5-9-23-11-13(19)14(20)12-24-10-6-8-18-16(22)4-2/h3-4,13-14,19-20H,1-2,5-12H2,(H,17,21)(H,18,22)/t13-,14?/m0/s1. The summed E-state index contributed by atoms with van der Waals surface area (Å²) in [5.74, 6) is -0.488. The topological polar surface area (TPSA) is 117 Å². The number of nitrogens with one attached hydrogen (secondary N) is 2. The van der Waals surface area contributed by atoms with E-state index in [0.29, 0.717) is 39.1 Å². The average Bonchev–Trinajstić information content (AvgIpc) is 2.59. The van der Waals surface area contributed by atoms with E-state index in [1.54, 1.807) is 0 Å². The Morgan fingerprint density at radius 3 is 1.58 bits per heavy atom. The van der Waals surface area contributed by atoms with E-state index in [4.69, 9.17) is 9.47 Å². The van der Waals surface area contributed by atoms with Gasteiger partial charge in [-0.3, -0.25) is 9.59 Å². The van der Waals surface area contributed by atoms with Gasteiger partial charge in [0.05, 0.1) is 13.2 Å². The van der Waals surface area contributed by atoms with E-state index < -0.39 is 12.2 Å². The van der Waals surface area contributed by atoms with E-state index in [2.05, 4.69) is 23.8 Å². The number of ether oxygens (including phenoxy) is 2. The number of amides is 2. The van der Waals surface area contributed by atoms with Crippen molar-refractivity contribution in [1.29, 1.82) is 0 Å². The molecule has 2 amide bonds. The molecule has 24 heavy (non-hydrogen) atoms. The lowest BCUT2D eigenvalue weighted by Crippen LogP contribution is -2.35. The van der Waals surface area contributed by atoms with E-state index >= 15 is 0 Å². The molecule has 0 saturated heterocycles. The maximum Gasteiger partial charge on any atom is 0.243 e. The highest BCUT2D eigenvalue weighted by Gasteiger charge is 2.16. The van der Waals surface area contributed by atoms with Crippen molar-refractivity contribution in [2.24, 2.45) is 0 Å². The summed E-state index contributed by atoms with van der Waals surface area (Å²) in [7, 11) is 0. The predicted octanol–water partition coefficient (Wildman–Crippen LogP) is -0.874. The Morgan fingerprint density at radius 1 is 0.875 bits per heavy atom. The fourth-order valence-corrected chi connectivity index (χ4v) is 1.55. The van der Waals surface area contributed by atoms with Crippen molar-refractivity contribution in [3.8, 4) is 0 Å². The third-order valence-corrected chi connectivity index (χ3v) is 2.92. The van der Waals surface area contributed by atoms with Crippen LogP contribution in [-0.2, 0) is 19.1 Å². The zero-order valence-electron chi connectivity index (χ0n) is 13.9. The summed E-state index contributed by atoms with van der Waals surface area (Å²) in [5, 5.41) is 24.6. The summed E-state index contributed by atoms with van der Waals surface area (Å²) < 4.78 is 10.4. The van der Waals surface area contributed by atoms with Crippen molar-refractivity contribution in [1.82, 2.24) is 10.6 Å². The van der Waals surface area contributed by atoms with Crippen LogP contribution in [-0.4, -0.2) is 73.8 Å². The van der Waals surface area contributed by atoms with E-state index in [9.17, 15) is 19.8 Å². The molecule has 8 heteroatoms. The number of carbonyl (C=O) groups excluding carboxylic acids is 2. The molecule has 0 aliphatic rings. The van der Waals surface area contributed by atoms with Crippen LogP contribution in [0.5, 0.6) is 0 Å². The Hall–Kier alpha value is -1.74. The Labute approximate surface area is 142 Å². The molecule has 0 aromatic rings. The number of rotatable bonds is 15. The minimum absolute atomic E-state index is 0.0185. The number of carbonyl (C=O) groups is 2. The van der Waals surface area contributed by atoms with Crippen LogP contribution < -0.4 is 10.6 Å². The SMILES string of the molecule is C=CC(=O)NCCCOCC(O)[C@@H](O)COCCCNC(=O)C=C. The molecule has 0 rings (SSSR count). The molecule has 4 N–H and O–H groups in total. The summed E-state index contributed by atoms with van der Waals surface area (Å²) in [6.45, 7) is 8.24. The summed E-state index contributed by atoms with van der Waals surface area (Å²) in [5.41, 5.74) is 0. The average molecular weight is 344 g/mol. The van der Waals surface area contributed by atoms with Gasteiger partial charge in [0.1, 0.15) is 12.2 Å². The van der Waals surface area contributed by atoms with Gasteiger partial charge in [-0.2, -0.15) is 0 Å². The lowest BCUT2D eigenvalue weighted by Gasteiger charge is -2.18. The minimum Gasteiger partial charge on any atom is -0.388 e. The first kappa shape index (κ1) is 22.3. The van der Waals surface area contributed by atoms with Crippen LogP contribution in [0.25, 0.3) is 0 Å². The first-order chi connectivity index (χ1) is 11.5. The number of hydrogen-bond donors (Lipinski definition) is 4. The Kier molecular flexibility index (Phi) is 13.8. The van der Waals surface area contributed by atoms with Gasteiger partial charge in [-0.25, -0.2) is 0 Å². The first-order valence-electron chi connectivity index (χ1n) is 7.83. The van der Waals surface area contributed by atoms with Gasteiger partial charge in [0.2, 0.25) is 11.8 Å². The van der Waals surface area contributed by atoms with Gasteiger partial charge in [0.15, 0.2) is 0 Å². The Bertz CT molecular complexity index is 353. The fraction of sp³-hybridized carbons (Fsp3) is 0.625. The van der Waals surface area contributed by atoms with Crippen molar-refractivity contribution in [3.05, 3.63) is 25.3 Å². The van der Waals surface area contributed by atoms with Gasteiger partial charge in [-0.05, 0) is 25.0 Å². The van der Waals surface area contributed by atoms with Crippen LogP contribution in [0.1, 0.15) is 12.8 Å². The third-order valence-electron chi connectivity index (χ3n) is 2.92. The number of aliphatic hydroxyl groups is 2. The van der Waals surface area contributed by atoms with Gasteiger partial charge < -0.3 is 30.3 Å². The summed E-state index contributed by atoms with van der Waals surface area (Å²) in [6.07, 6.45) is 1.47. The monoisotopic (exact) mass is 344 g/mol. The minimum atomic E-state index is -1.05. The van der Waals surface area contributed by atoms with Crippen molar-refractivity contribution in [3.63, 3.8) is 0 Å². The fourth-order valence-electron chi connectivity index (χ4n) is 1.55. The highest BCUT2D eigenvalue weighted by molar-refractivity contribution is 5.87. The molecule has 2 atom stereocenters. The molecule has 0 aromatic heterocycles. The Morgan fingerprint density at radius 2 is 1.25 bits per heavy atom. The molecular weight excluding hydrogens is 316 g/mol. The van der Waals surface area contributed by atoms with E-state index in [-0.39, 0.29) is 25.0 Å². The largest absolute Gasteiger partial charge is 0.388 e. The molecule has 0 aromatic carbocycles. The summed E-state index contributed by atoms with van der Waals surface area (Å²) >= 11 is 0. The number of aliphatic hydroxyl groups excluding tert-OH is 2. The summed E-state index contributed by atoms with van der Waals surface area (Å²) in [4.78, 5) is 21.8. The van der Waals surface area contributed by atoms with Gasteiger partial charge in [0, 0.05) is 26.3 Å². The van der Waals surface area contributed by atoms with Crippen LogP contribution in [0.3, 0.4) is 0 Å². The summed E-state index contributed by atoms with van der Waals surface area (Å²) in [6, 6.07) is 0. The molecule has 0 saturated carbocycles. The molecule has 0 bridgehead atoms. The van der Waals surface area contributed by atoms with Crippen molar-refractivity contribution in [2.45, 2.75) is 25.0 Å². The zero-order valence-corrected chi connectivity index (χ0v) is 13.9. The van der Waals surface area contributed by atoms with Crippen molar-refractivity contribution < 1.29 is 29.3 Å². The molecule has 0 heterocycles. The third kappa shape index (κ3) is 12.8. The quantitative estimate of drug-likeness (QED) is 0.227. The van der Waals surface area contributed by atoms with E-state index in [0.717, 1.165) is 0 Å². The second-order valence-corrected chi connectivity index (χ2v) is 4.98. The van der Waals surface area contributed by atoms with Gasteiger partial charge in [-0.15, -0.1) is 0 Å². The molecule has 0 spiro atoms. The van der Waals surface area contributed by atoms with Crippen LogP contribution in [0.4, 0.5) is 0 Å². The molecule has 0 aliphatic carbocycles. The van der Waals surface area contributed by atoms with Crippen molar-refractivity contribution in [2.75, 3.05) is 39.5 Å². The molecule has 138 valence electrons. The maximum absolute atomic E-state index is 10.9.